The molecule has 0 rings (SSSR count). The molecule has 3 heteroatoms. The van der Waals surface area contributed by atoms with Gasteiger partial charge in [-0.25, -0.2) is 0 Å². The van der Waals surface area contributed by atoms with Crippen LogP contribution in [0.2, 0.25) is 0 Å². The standard InChI is InChI=1S/C11H25NOS/c1-5-11(13)9-12(4)10(3)7-8-14-6-2/h10-11,13H,5-9H2,1-4H3. The Labute approximate surface area is 93.1 Å². The second-order valence-electron chi connectivity index (χ2n) is 3.84. The molecule has 0 aromatic carbocycles. The molecule has 2 unspecified atom stereocenters. The normalized spacial score (nSPS) is 15.9. The van der Waals surface area contributed by atoms with Gasteiger partial charge in [0.2, 0.25) is 0 Å². The average molecular weight is 219 g/mol. The van der Waals surface area contributed by atoms with E-state index < -0.39 is 0 Å². The van der Waals surface area contributed by atoms with Gasteiger partial charge in [-0.3, -0.25) is 0 Å². The third-order valence-corrected chi connectivity index (χ3v) is 3.54. The molecule has 0 aliphatic carbocycles. The first-order valence-electron chi connectivity index (χ1n) is 5.57. The average Bonchev–Trinajstić information content (AvgIpc) is 2.17. The van der Waals surface area contributed by atoms with Gasteiger partial charge in [-0.2, -0.15) is 11.8 Å². The summed E-state index contributed by atoms with van der Waals surface area (Å²) < 4.78 is 0. The Morgan fingerprint density at radius 1 is 1.36 bits per heavy atom. The summed E-state index contributed by atoms with van der Waals surface area (Å²) >= 11 is 1.99. The number of hydrogen-bond acceptors (Lipinski definition) is 3. The molecule has 1 N–H and O–H groups in total. The second kappa shape index (κ2) is 8.57. The van der Waals surface area contributed by atoms with Crippen molar-refractivity contribution >= 4 is 11.8 Å². The topological polar surface area (TPSA) is 23.5 Å². The molecule has 2 nitrogen and oxygen atoms in total. The fraction of sp³-hybridized carbons (Fsp3) is 1.00. The van der Waals surface area contributed by atoms with E-state index in [9.17, 15) is 5.11 Å². The maximum absolute atomic E-state index is 9.50. The quantitative estimate of drug-likeness (QED) is 0.633. The third kappa shape index (κ3) is 6.68. The molecule has 0 radical (unpaired) electrons. The first kappa shape index (κ1) is 14.3. The Kier molecular flexibility index (Phi) is 8.73. The van der Waals surface area contributed by atoms with E-state index in [-0.39, 0.29) is 6.10 Å². The van der Waals surface area contributed by atoms with E-state index in [0.717, 1.165) is 13.0 Å². The van der Waals surface area contributed by atoms with Crippen LogP contribution in [0.25, 0.3) is 0 Å². The Bertz CT molecular complexity index is 132. The summed E-state index contributed by atoms with van der Waals surface area (Å²) in [6.07, 6.45) is 1.90. The number of hydrogen-bond donors (Lipinski definition) is 1. The van der Waals surface area contributed by atoms with Crippen molar-refractivity contribution in [1.82, 2.24) is 4.90 Å². The zero-order valence-electron chi connectivity index (χ0n) is 9.99. The molecule has 86 valence electrons. The number of aliphatic hydroxyl groups is 1. The van der Waals surface area contributed by atoms with Gasteiger partial charge in [0.25, 0.3) is 0 Å². The minimum absolute atomic E-state index is 0.165. The number of rotatable bonds is 8. The number of thioether (sulfide) groups is 1. The monoisotopic (exact) mass is 219 g/mol. The number of likely N-dealkylation sites (N-methyl/N-ethyl adjacent to an activating group) is 1. The summed E-state index contributed by atoms with van der Waals surface area (Å²) in [6, 6.07) is 0.579. The minimum Gasteiger partial charge on any atom is -0.392 e. The van der Waals surface area contributed by atoms with Crippen molar-refractivity contribution in [2.75, 3.05) is 25.1 Å². The van der Waals surface area contributed by atoms with Crippen LogP contribution >= 0.6 is 11.8 Å². The molecular weight excluding hydrogens is 194 g/mol. The zero-order chi connectivity index (χ0) is 11.0. The number of nitrogens with zero attached hydrogens (tertiary/aromatic N) is 1. The van der Waals surface area contributed by atoms with Gasteiger partial charge < -0.3 is 10.0 Å². The summed E-state index contributed by atoms with van der Waals surface area (Å²) in [4.78, 5) is 2.25. The van der Waals surface area contributed by atoms with Gasteiger partial charge in [-0.1, -0.05) is 13.8 Å². The van der Waals surface area contributed by atoms with Gasteiger partial charge in [0.15, 0.2) is 0 Å². The van der Waals surface area contributed by atoms with Crippen molar-refractivity contribution in [2.45, 2.75) is 45.8 Å². The Hall–Kier alpha value is 0.270. The van der Waals surface area contributed by atoms with Gasteiger partial charge in [-0.15, -0.1) is 0 Å². The fourth-order valence-corrected chi connectivity index (χ4v) is 2.06. The van der Waals surface area contributed by atoms with Crippen LogP contribution < -0.4 is 0 Å². The van der Waals surface area contributed by atoms with Crippen LogP contribution in [0.15, 0.2) is 0 Å². The fourth-order valence-electron chi connectivity index (χ4n) is 1.26. The highest BCUT2D eigenvalue weighted by atomic mass is 32.2. The maximum Gasteiger partial charge on any atom is 0.0664 e. The van der Waals surface area contributed by atoms with Crippen LogP contribution in [0.4, 0.5) is 0 Å². The van der Waals surface area contributed by atoms with Gasteiger partial charge in [-0.05, 0) is 38.3 Å². The van der Waals surface area contributed by atoms with Crippen LogP contribution in [0.5, 0.6) is 0 Å². The second-order valence-corrected chi connectivity index (χ2v) is 5.23. The van der Waals surface area contributed by atoms with Crippen LogP contribution in [0, 0.1) is 0 Å². The first-order valence-corrected chi connectivity index (χ1v) is 6.73. The molecule has 0 amide bonds. The van der Waals surface area contributed by atoms with Crippen molar-refractivity contribution in [3.8, 4) is 0 Å². The maximum atomic E-state index is 9.50. The third-order valence-electron chi connectivity index (χ3n) is 2.61. The van der Waals surface area contributed by atoms with E-state index in [1.807, 2.05) is 18.7 Å². The summed E-state index contributed by atoms with van der Waals surface area (Å²) in [5.41, 5.74) is 0. The smallest absolute Gasteiger partial charge is 0.0664 e. The lowest BCUT2D eigenvalue weighted by Gasteiger charge is -2.26. The highest BCUT2D eigenvalue weighted by molar-refractivity contribution is 7.99. The largest absolute Gasteiger partial charge is 0.392 e. The molecule has 14 heavy (non-hydrogen) atoms. The molecule has 2 atom stereocenters. The molecule has 0 aromatic rings. The molecule has 0 saturated heterocycles. The zero-order valence-corrected chi connectivity index (χ0v) is 10.8. The molecule has 0 spiro atoms. The molecular formula is C11H25NOS. The van der Waals surface area contributed by atoms with Crippen LogP contribution in [0.3, 0.4) is 0 Å². The lowest BCUT2D eigenvalue weighted by Crippen LogP contribution is -2.36. The molecule has 0 bridgehead atoms. The van der Waals surface area contributed by atoms with E-state index in [2.05, 4.69) is 25.8 Å². The van der Waals surface area contributed by atoms with Crippen LogP contribution in [0.1, 0.15) is 33.6 Å². The molecule has 0 aliphatic rings. The molecule has 0 fully saturated rings. The summed E-state index contributed by atoms with van der Waals surface area (Å²) in [7, 11) is 2.10. The minimum atomic E-state index is -0.165. The van der Waals surface area contributed by atoms with E-state index in [1.165, 1.54) is 17.9 Å². The summed E-state index contributed by atoms with van der Waals surface area (Å²) in [6.45, 7) is 7.25. The first-order chi connectivity index (χ1) is 6.61. The van der Waals surface area contributed by atoms with E-state index in [1.54, 1.807) is 0 Å². The van der Waals surface area contributed by atoms with E-state index in [0.29, 0.717) is 6.04 Å². The van der Waals surface area contributed by atoms with Crippen molar-refractivity contribution in [3.63, 3.8) is 0 Å². The van der Waals surface area contributed by atoms with Crippen molar-refractivity contribution in [2.24, 2.45) is 0 Å². The lowest BCUT2D eigenvalue weighted by atomic mass is 10.2. The Morgan fingerprint density at radius 2 is 2.00 bits per heavy atom. The summed E-state index contributed by atoms with van der Waals surface area (Å²) in [5.74, 6) is 2.43. The Morgan fingerprint density at radius 3 is 2.50 bits per heavy atom. The van der Waals surface area contributed by atoms with Crippen molar-refractivity contribution < 1.29 is 5.11 Å². The van der Waals surface area contributed by atoms with Crippen molar-refractivity contribution in [1.29, 1.82) is 0 Å². The van der Waals surface area contributed by atoms with Gasteiger partial charge in [0.05, 0.1) is 6.10 Å². The predicted octanol–water partition coefficient (Wildman–Crippen LogP) is 2.22. The van der Waals surface area contributed by atoms with E-state index >= 15 is 0 Å². The SMILES string of the molecule is CCSCCC(C)N(C)CC(O)CC. The molecule has 0 heterocycles. The van der Waals surface area contributed by atoms with Crippen LogP contribution in [-0.2, 0) is 0 Å². The van der Waals surface area contributed by atoms with Gasteiger partial charge in [0.1, 0.15) is 0 Å². The highest BCUT2D eigenvalue weighted by Crippen LogP contribution is 2.08. The molecule has 0 saturated carbocycles. The number of aliphatic hydroxyl groups excluding tert-OH is 1. The van der Waals surface area contributed by atoms with Gasteiger partial charge in [0, 0.05) is 12.6 Å². The van der Waals surface area contributed by atoms with Crippen LogP contribution in [-0.4, -0.2) is 47.3 Å². The Balaban J connectivity index is 3.58. The van der Waals surface area contributed by atoms with Crippen molar-refractivity contribution in [3.05, 3.63) is 0 Å². The summed E-state index contributed by atoms with van der Waals surface area (Å²) in [5, 5.41) is 9.50. The molecule has 0 aliphatic heterocycles. The van der Waals surface area contributed by atoms with Gasteiger partial charge >= 0.3 is 0 Å². The molecule has 0 aromatic heterocycles. The predicted molar refractivity (Wildman–Crippen MR) is 66.0 cm³/mol. The lowest BCUT2D eigenvalue weighted by molar-refractivity contribution is 0.104. The highest BCUT2D eigenvalue weighted by Gasteiger charge is 2.11. The van der Waals surface area contributed by atoms with E-state index in [4.69, 9.17) is 0 Å².